The van der Waals surface area contributed by atoms with E-state index in [9.17, 15) is 9.90 Å². The third kappa shape index (κ3) is 1.79. The van der Waals surface area contributed by atoms with Crippen LogP contribution in [0, 0.1) is 0 Å². The second-order valence-electron chi connectivity index (χ2n) is 4.21. The predicted molar refractivity (Wildman–Crippen MR) is 62.7 cm³/mol. The molecule has 0 unspecified atom stereocenters. The molecule has 0 saturated carbocycles. The van der Waals surface area contributed by atoms with Gasteiger partial charge in [-0.3, -0.25) is 4.79 Å². The molecule has 84 valence electrons. The van der Waals surface area contributed by atoms with Gasteiger partial charge in [-0.15, -0.1) is 0 Å². The lowest BCUT2D eigenvalue weighted by Crippen LogP contribution is -3.04. The first-order valence-electron chi connectivity index (χ1n) is 5.21. The van der Waals surface area contributed by atoms with Crippen molar-refractivity contribution in [2.45, 2.75) is 6.54 Å². The average molecular weight is 219 g/mol. The molecule has 4 heteroatoms. The minimum atomic E-state index is -0.211. The van der Waals surface area contributed by atoms with Crippen molar-refractivity contribution in [3.05, 3.63) is 40.2 Å². The largest absolute Gasteiger partial charge is 0.507 e. The number of para-hydroxylation sites is 1. The third-order valence-electron chi connectivity index (χ3n) is 2.52. The molecule has 4 nitrogen and oxygen atoms in total. The quantitative estimate of drug-likeness (QED) is 0.659. The molecular weight excluding hydrogens is 204 g/mol. The van der Waals surface area contributed by atoms with Crippen molar-refractivity contribution in [3.63, 3.8) is 0 Å². The maximum atomic E-state index is 11.8. The van der Waals surface area contributed by atoms with Gasteiger partial charge in [0, 0.05) is 5.39 Å². The van der Waals surface area contributed by atoms with Crippen molar-refractivity contribution in [1.82, 2.24) is 4.98 Å². The van der Waals surface area contributed by atoms with Gasteiger partial charge in [-0.1, -0.05) is 12.1 Å². The minimum Gasteiger partial charge on any atom is -0.507 e. The van der Waals surface area contributed by atoms with Crippen LogP contribution < -0.4 is 10.5 Å². The molecule has 1 aromatic heterocycles. The summed E-state index contributed by atoms with van der Waals surface area (Å²) in [5, 5.41) is 10.7. The van der Waals surface area contributed by atoms with Gasteiger partial charge in [0.2, 0.25) is 0 Å². The van der Waals surface area contributed by atoms with Crippen LogP contribution in [0.25, 0.3) is 10.9 Å². The van der Waals surface area contributed by atoms with Crippen molar-refractivity contribution in [3.8, 4) is 5.75 Å². The van der Waals surface area contributed by atoms with E-state index in [1.165, 1.54) is 0 Å². The van der Waals surface area contributed by atoms with Gasteiger partial charge in [-0.25, -0.2) is 0 Å². The second-order valence-corrected chi connectivity index (χ2v) is 4.21. The Morgan fingerprint density at radius 3 is 2.69 bits per heavy atom. The zero-order valence-corrected chi connectivity index (χ0v) is 9.37. The number of benzene rings is 1. The molecule has 0 spiro atoms. The third-order valence-corrected chi connectivity index (χ3v) is 2.52. The second kappa shape index (κ2) is 3.98. The van der Waals surface area contributed by atoms with Gasteiger partial charge in [-0.05, 0) is 12.1 Å². The molecule has 2 aromatic rings. The fourth-order valence-corrected chi connectivity index (χ4v) is 1.78. The summed E-state index contributed by atoms with van der Waals surface area (Å²) in [6.45, 7) is 0.506. The summed E-state index contributed by atoms with van der Waals surface area (Å²) in [6, 6.07) is 7.25. The highest BCUT2D eigenvalue weighted by Gasteiger charge is 2.13. The van der Waals surface area contributed by atoms with Gasteiger partial charge in [0.15, 0.2) is 0 Å². The Labute approximate surface area is 93.1 Å². The number of hydrogen-bond acceptors (Lipinski definition) is 2. The standard InChI is InChI=1S/C12H14N2O2/c1-14(2)7-9-11(15)8-5-3-4-6-10(8)13-12(9)16/h3-6H,7H2,1-2H3,(H2,13,15,16)/p+1. The molecule has 0 radical (unpaired) electrons. The van der Waals surface area contributed by atoms with Gasteiger partial charge in [0.1, 0.15) is 17.9 Å². The lowest BCUT2D eigenvalue weighted by atomic mass is 10.1. The summed E-state index contributed by atoms with van der Waals surface area (Å²) in [7, 11) is 3.88. The summed E-state index contributed by atoms with van der Waals surface area (Å²) >= 11 is 0. The molecule has 0 aliphatic heterocycles. The van der Waals surface area contributed by atoms with Gasteiger partial charge in [0.25, 0.3) is 5.56 Å². The molecule has 1 aromatic carbocycles. The van der Waals surface area contributed by atoms with Crippen molar-refractivity contribution in [2.24, 2.45) is 0 Å². The fraction of sp³-hybridized carbons (Fsp3) is 0.250. The van der Waals surface area contributed by atoms with Crippen LogP contribution in [-0.4, -0.2) is 24.2 Å². The maximum absolute atomic E-state index is 11.8. The fourth-order valence-electron chi connectivity index (χ4n) is 1.78. The number of quaternary nitrogens is 1. The number of nitrogens with one attached hydrogen (secondary N) is 2. The van der Waals surface area contributed by atoms with E-state index in [1.807, 2.05) is 26.2 Å². The number of hydrogen-bond donors (Lipinski definition) is 3. The first-order chi connectivity index (χ1) is 7.59. The number of H-pyrrole nitrogens is 1. The van der Waals surface area contributed by atoms with Crippen LogP contribution in [0.4, 0.5) is 0 Å². The van der Waals surface area contributed by atoms with E-state index in [4.69, 9.17) is 0 Å². The van der Waals surface area contributed by atoms with Crippen molar-refractivity contribution < 1.29 is 10.0 Å². The number of aromatic nitrogens is 1. The highest BCUT2D eigenvalue weighted by atomic mass is 16.3. The molecule has 3 N–H and O–H groups in total. The molecule has 16 heavy (non-hydrogen) atoms. The van der Waals surface area contributed by atoms with E-state index in [0.29, 0.717) is 23.0 Å². The molecule has 0 aliphatic carbocycles. The molecule has 0 bridgehead atoms. The van der Waals surface area contributed by atoms with E-state index in [-0.39, 0.29) is 11.3 Å². The van der Waals surface area contributed by atoms with Gasteiger partial charge >= 0.3 is 0 Å². The van der Waals surface area contributed by atoms with Gasteiger partial charge < -0.3 is 15.0 Å². The smallest absolute Gasteiger partial charge is 0.261 e. The molecule has 2 rings (SSSR count). The molecule has 0 saturated heterocycles. The van der Waals surface area contributed by atoms with Crippen LogP contribution in [0.1, 0.15) is 5.56 Å². The molecule has 0 aliphatic rings. The Balaban J connectivity index is 2.71. The van der Waals surface area contributed by atoms with E-state index in [2.05, 4.69) is 4.98 Å². The Hall–Kier alpha value is -1.81. The topological polar surface area (TPSA) is 57.5 Å². The van der Waals surface area contributed by atoms with Crippen molar-refractivity contribution >= 4 is 10.9 Å². The summed E-state index contributed by atoms with van der Waals surface area (Å²) in [5.41, 5.74) is 0.901. The average Bonchev–Trinajstić information content (AvgIpc) is 2.24. The van der Waals surface area contributed by atoms with Crippen LogP contribution >= 0.6 is 0 Å². The zero-order valence-electron chi connectivity index (χ0n) is 9.37. The Morgan fingerprint density at radius 2 is 2.00 bits per heavy atom. The predicted octanol–water partition coefficient (Wildman–Crippen LogP) is -0.122. The number of fused-ring (bicyclic) bond motifs is 1. The van der Waals surface area contributed by atoms with Crippen LogP contribution in [0.2, 0.25) is 0 Å². The summed E-state index contributed by atoms with van der Waals surface area (Å²) in [6.07, 6.45) is 0. The van der Waals surface area contributed by atoms with E-state index in [0.717, 1.165) is 4.90 Å². The maximum Gasteiger partial charge on any atom is 0.261 e. The lowest BCUT2D eigenvalue weighted by molar-refractivity contribution is -0.872. The molecule has 1 heterocycles. The number of aromatic amines is 1. The zero-order chi connectivity index (χ0) is 11.7. The lowest BCUT2D eigenvalue weighted by Gasteiger charge is -2.09. The molecular formula is C12H15N2O2+. The van der Waals surface area contributed by atoms with Crippen molar-refractivity contribution in [1.29, 1.82) is 0 Å². The minimum absolute atomic E-state index is 0.0977. The van der Waals surface area contributed by atoms with E-state index in [1.54, 1.807) is 12.1 Å². The summed E-state index contributed by atoms with van der Waals surface area (Å²) in [5.74, 6) is 0.0977. The first-order valence-corrected chi connectivity index (χ1v) is 5.21. The van der Waals surface area contributed by atoms with Gasteiger partial charge in [0.05, 0.1) is 19.6 Å². The normalized spacial score (nSPS) is 11.2. The van der Waals surface area contributed by atoms with Crippen LogP contribution in [0.15, 0.2) is 29.1 Å². The van der Waals surface area contributed by atoms with Crippen LogP contribution in [-0.2, 0) is 6.54 Å². The number of pyridine rings is 1. The SMILES string of the molecule is C[NH+](C)Cc1c(O)c2ccccc2[nH]c1=O. The van der Waals surface area contributed by atoms with Crippen molar-refractivity contribution in [2.75, 3.05) is 14.1 Å². The monoisotopic (exact) mass is 219 g/mol. The number of aromatic hydroxyl groups is 1. The number of rotatable bonds is 2. The van der Waals surface area contributed by atoms with E-state index >= 15 is 0 Å². The molecule has 0 amide bonds. The van der Waals surface area contributed by atoms with Crippen LogP contribution in [0.3, 0.4) is 0 Å². The molecule has 0 atom stereocenters. The summed E-state index contributed by atoms with van der Waals surface area (Å²) in [4.78, 5) is 15.6. The highest BCUT2D eigenvalue weighted by molar-refractivity contribution is 5.85. The Kier molecular flexibility index (Phi) is 2.66. The summed E-state index contributed by atoms with van der Waals surface area (Å²) < 4.78 is 0. The highest BCUT2D eigenvalue weighted by Crippen LogP contribution is 2.23. The molecule has 0 fully saturated rings. The Bertz CT molecular complexity index is 573. The first kappa shape index (κ1) is 10.7. The van der Waals surface area contributed by atoms with E-state index < -0.39 is 0 Å². The van der Waals surface area contributed by atoms with Crippen LogP contribution in [0.5, 0.6) is 5.75 Å². The Morgan fingerprint density at radius 1 is 1.31 bits per heavy atom. The van der Waals surface area contributed by atoms with Gasteiger partial charge in [-0.2, -0.15) is 0 Å².